The molecule has 0 fully saturated rings. The number of nitrogens with one attached hydrogen (secondary N) is 1. The van der Waals surface area contributed by atoms with Gasteiger partial charge in [0.05, 0.1) is 7.11 Å². The summed E-state index contributed by atoms with van der Waals surface area (Å²) < 4.78 is 5.42. The van der Waals surface area contributed by atoms with E-state index in [2.05, 4.69) is 44.4 Å². The second kappa shape index (κ2) is 8.15. The van der Waals surface area contributed by atoms with E-state index in [0.29, 0.717) is 6.04 Å². The zero-order valence-corrected chi connectivity index (χ0v) is 12.3. The first-order valence-corrected chi connectivity index (χ1v) is 7.02. The van der Waals surface area contributed by atoms with Crippen molar-refractivity contribution < 1.29 is 4.74 Å². The number of aryl methyl sites for hydroxylation is 2. The van der Waals surface area contributed by atoms with Crippen molar-refractivity contribution in [2.45, 2.75) is 52.0 Å². The van der Waals surface area contributed by atoms with Crippen LogP contribution in [0.1, 0.15) is 43.7 Å². The first-order valence-electron chi connectivity index (χ1n) is 7.02. The quantitative estimate of drug-likeness (QED) is 0.758. The summed E-state index contributed by atoms with van der Waals surface area (Å²) in [6, 6.07) is 7.08. The molecular weight excluding hydrogens is 222 g/mol. The predicted molar refractivity (Wildman–Crippen MR) is 78.4 cm³/mol. The molecule has 0 heterocycles. The second-order valence-corrected chi connectivity index (χ2v) is 4.98. The van der Waals surface area contributed by atoms with Gasteiger partial charge in [0.25, 0.3) is 0 Å². The van der Waals surface area contributed by atoms with Gasteiger partial charge < -0.3 is 10.1 Å². The highest BCUT2D eigenvalue weighted by atomic mass is 16.5. The molecule has 0 amide bonds. The molecule has 0 aromatic heterocycles. The molecule has 0 bridgehead atoms. The molecule has 0 saturated carbocycles. The first kappa shape index (κ1) is 15.0. The van der Waals surface area contributed by atoms with E-state index in [9.17, 15) is 0 Å². The average Bonchev–Trinajstić information content (AvgIpc) is 2.38. The molecule has 0 aliphatic rings. The molecule has 1 unspecified atom stereocenters. The summed E-state index contributed by atoms with van der Waals surface area (Å²) in [7, 11) is 3.81. The SMILES string of the molecule is CCCC(CCCc1cc(C)ccc1OC)NC. The zero-order chi connectivity index (χ0) is 13.4. The number of methoxy groups -OCH3 is 1. The molecule has 0 radical (unpaired) electrons. The Morgan fingerprint density at radius 2 is 2.06 bits per heavy atom. The van der Waals surface area contributed by atoms with Crippen LogP contribution in [-0.2, 0) is 6.42 Å². The van der Waals surface area contributed by atoms with Gasteiger partial charge in [-0.15, -0.1) is 0 Å². The number of hydrogen-bond donors (Lipinski definition) is 1. The number of rotatable bonds is 8. The maximum atomic E-state index is 5.42. The number of hydrogen-bond acceptors (Lipinski definition) is 2. The monoisotopic (exact) mass is 249 g/mol. The summed E-state index contributed by atoms with van der Waals surface area (Å²) in [5.41, 5.74) is 2.65. The molecule has 0 aliphatic heterocycles. The van der Waals surface area contributed by atoms with Crippen molar-refractivity contribution in [3.63, 3.8) is 0 Å². The minimum atomic E-state index is 0.658. The Bertz CT molecular complexity index is 349. The van der Waals surface area contributed by atoms with Crippen LogP contribution in [0.3, 0.4) is 0 Å². The average molecular weight is 249 g/mol. The van der Waals surface area contributed by atoms with Gasteiger partial charge in [0.2, 0.25) is 0 Å². The topological polar surface area (TPSA) is 21.3 Å². The third kappa shape index (κ3) is 4.69. The molecule has 102 valence electrons. The van der Waals surface area contributed by atoms with Crippen LogP contribution in [0.25, 0.3) is 0 Å². The molecule has 0 aliphatic carbocycles. The van der Waals surface area contributed by atoms with Gasteiger partial charge in [-0.1, -0.05) is 31.0 Å². The van der Waals surface area contributed by atoms with Gasteiger partial charge in [-0.2, -0.15) is 0 Å². The van der Waals surface area contributed by atoms with Gasteiger partial charge >= 0.3 is 0 Å². The smallest absolute Gasteiger partial charge is 0.122 e. The molecule has 2 nitrogen and oxygen atoms in total. The Morgan fingerprint density at radius 1 is 1.28 bits per heavy atom. The van der Waals surface area contributed by atoms with Crippen molar-refractivity contribution in [2.75, 3.05) is 14.2 Å². The third-order valence-electron chi connectivity index (χ3n) is 3.48. The van der Waals surface area contributed by atoms with E-state index in [1.807, 2.05) is 0 Å². The third-order valence-corrected chi connectivity index (χ3v) is 3.48. The summed E-state index contributed by atoms with van der Waals surface area (Å²) in [6.07, 6.45) is 6.07. The van der Waals surface area contributed by atoms with Crippen molar-refractivity contribution in [3.8, 4) is 5.75 Å². The molecule has 2 heteroatoms. The van der Waals surface area contributed by atoms with Crippen LogP contribution >= 0.6 is 0 Å². The summed E-state index contributed by atoms with van der Waals surface area (Å²) in [6.45, 7) is 4.38. The van der Waals surface area contributed by atoms with E-state index in [1.54, 1.807) is 7.11 Å². The van der Waals surface area contributed by atoms with Crippen LogP contribution < -0.4 is 10.1 Å². The molecule has 0 saturated heterocycles. The van der Waals surface area contributed by atoms with Crippen molar-refractivity contribution in [3.05, 3.63) is 29.3 Å². The molecule has 18 heavy (non-hydrogen) atoms. The fraction of sp³-hybridized carbons (Fsp3) is 0.625. The fourth-order valence-electron chi connectivity index (χ4n) is 2.42. The summed E-state index contributed by atoms with van der Waals surface area (Å²) in [4.78, 5) is 0. The summed E-state index contributed by atoms with van der Waals surface area (Å²) in [5, 5.41) is 3.40. The normalized spacial score (nSPS) is 12.4. The van der Waals surface area contributed by atoms with Gasteiger partial charge in [0.15, 0.2) is 0 Å². The van der Waals surface area contributed by atoms with Gasteiger partial charge in [-0.25, -0.2) is 0 Å². The molecule has 1 rings (SSSR count). The predicted octanol–water partition coefficient (Wildman–Crippen LogP) is 3.71. The van der Waals surface area contributed by atoms with E-state index >= 15 is 0 Å². The summed E-state index contributed by atoms with van der Waals surface area (Å²) >= 11 is 0. The van der Waals surface area contributed by atoms with Gasteiger partial charge in [0.1, 0.15) is 5.75 Å². The van der Waals surface area contributed by atoms with Crippen molar-refractivity contribution >= 4 is 0 Å². The van der Waals surface area contributed by atoms with Crippen LogP contribution in [-0.4, -0.2) is 20.2 Å². The maximum Gasteiger partial charge on any atom is 0.122 e. The molecular formula is C16H27NO. The van der Waals surface area contributed by atoms with E-state index in [1.165, 1.54) is 36.8 Å². The fourth-order valence-corrected chi connectivity index (χ4v) is 2.42. The van der Waals surface area contributed by atoms with Gasteiger partial charge in [-0.3, -0.25) is 0 Å². The maximum absolute atomic E-state index is 5.42. The lowest BCUT2D eigenvalue weighted by Gasteiger charge is -2.15. The van der Waals surface area contributed by atoms with Crippen LogP contribution in [0.2, 0.25) is 0 Å². The molecule has 1 atom stereocenters. The lowest BCUT2D eigenvalue weighted by molar-refractivity contribution is 0.407. The van der Waals surface area contributed by atoms with Gasteiger partial charge in [0, 0.05) is 6.04 Å². The number of benzene rings is 1. The van der Waals surface area contributed by atoms with Crippen molar-refractivity contribution in [2.24, 2.45) is 0 Å². The molecule has 1 aromatic rings. The Kier molecular flexibility index (Phi) is 6.81. The Balaban J connectivity index is 2.49. The highest BCUT2D eigenvalue weighted by Gasteiger charge is 2.07. The Labute approximate surface area is 112 Å². The minimum absolute atomic E-state index is 0.658. The van der Waals surface area contributed by atoms with E-state index in [-0.39, 0.29) is 0 Å². The summed E-state index contributed by atoms with van der Waals surface area (Å²) in [5.74, 6) is 1.03. The lowest BCUT2D eigenvalue weighted by Crippen LogP contribution is -2.24. The van der Waals surface area contributed by atoms with Crippen molar-refractivity contribution in [1.29, 1.82) is 0 Å². The van der Waals surface area contributed by atoms with Crippen LogP contribution in [0.5, 0.6) is 5.75 Å². The zero-order valence-electron chi connectivity index (χ0n) is 12.3. The minimum Gasteiger partial charge on any atom is -0.496 e. The molecule has 0 spiro atoms. The highest BCUT2D eigenvalue weighted by Crippen LogP contribution is 2.22. The molecule has 1 aromatic carbocycles. The standard InChI is InChI=1S/C16H27NO/c1-5-7-15(17-3)9-6-8-14-12-13(2)10-11-16(14)18-4/h10-12,15,17H,5-9H2,1-4H3. The van der Waals surface area contributed by atoms with E-state index in [4.69, 9.17) is 4.74 Å². The Morgan fingerprint density at radius 3 is 2.67 bits per heavy atom. The first-order chi connectivity index (χ1) is 8.71. The van der Waals surface area contributed by atoms with Crippen LogP contribution in [0.15, 0.2) is 18.2 Å². The van der Waals surface area contributed by atoms with Crippen LogP contribution in [0, 0.1) is 6.92 Å². The number of ether oxygens (including phenoxy) is 1. The van der Waals surface area contributed by atoms with Gasteiger partial charge in [-0.05, 0) is 51.3 Å². The lowest BCUT2D eigenvalue weighted by atomic mass is 10.0. The van der Waals surface area contributed by atoms with Crippen molar-refractivity contribution in [1.82, 2.24) is 5.32 Å². The van der Waals surface area contributed by atoms with Crippen LogP contribution in [0.4, 0.5) is 0 Å². The van der Waals surface area contributed by atoms with E-state index in [0.717, 1.165) is 12.2 Å². The second-order valence-electron chi connectivity index (χ2n) is 4.98. The Hall–Kier alpha value is -1.02. The highest BCUT2D eigenvalue weighted by molar-refractivity contribution is 5.36. The van der Waals surface area contributed by atoms with E-state index < -0.39 is 0 Å². The largest absolute Gasteiger partial charge is 0.496 e. The molecule has 1 N–H and O–H groups in total.